The maximum Gasteiger partial charge on any atom is 0.108 e. The zero-order valence-electron chi connectivity index (χ0n) is 19.9. The lowest BCUT2D eigenvalue weighted by molar-refractivity contribution is 0.334. The molecule has 2 N–H and O–H groups in total. The molecule has 0 saturated carbocycles. The van der Waals surface area contributed by atoms with Gasteiger partial charge in [0.05, 0.1) is 0 Å². The second kappa shape index (κ2) is 21.6. The summed E-state index contributed by atoms with van der Waals surface area (Å²) in [5, 5.41) is 20.7. The number of hydrogen-bond acceptors (Lipinski definition) is 3. The van der Waals surface area contributed by atoms with Crippen molar-refractivity contribution in [2.24, 2.45) is 0 Å². The van der Waals surface area contributed by atoms with Gasteiger partial charge in [0.15, 0.2) is 0 Å². The molecule has 0 atom stereocenters. The summed E-state index contributed by atoms with van der Waals surface area (Å²) in [5.74, 6) is 0.888. The molecule has 0 spiro atoms. The number of nitrogens with zero attached hydrogens (tertiary/aromatic N) is 1. The fraction of sp³-hybridized carbons (Fsp3) is 0.846. The van der Waals surface area contributed by atoms with Crippen molar-refractivity contribution in [3.05, 3.63) is 23.9 Å². The Kier molecular flexibility index (Phi) is 20.8. The highest BCUT2D eigenvalue weighted by atomic mass is 16.3. The first kappa shape index (κ1) is 27.9. The summed E-state index contributed by atoms with van der Waals surface area (Å²) in [6, 6.07) is 0. The summed E-state index contributed by atoms with van der Waals surface area (Å²) in [6.07, 6.45) is 24.7. The van der Waals surface area contributed by atoms with Gasteiger partial charge in [-0.2, -0.15) is 0 Å². The van der Waals surface area contributed by atoms with Gasteiger partial charge < -0.3 is 15.1 Å². The molecular weight excluding hydrogens is 358 g/mol. The molecule has 172 valence electrons. The molecule has 0 aromatic carbocycles. The van der Waals surface area contributed by atoms with Crippen LogP contribution >= 0.6 is 0 Å². The lowest BCUT2D eigenvalue weighted by atomic mass is 10.1. The van der Waals surface area contributed by atoms with Crippen molar-refractivity contribution >= 4 is 0 Å². The molecule has 0 aliphatic carbocycles. The minimum atomic E-state index is 0.444. The van der Waals surface area contributed by atoms with E-state index in [1.165, 1.54) is 83.5 Å². The van der Waals surface area contributed by atoms with Crippen LogP contribution in [0.25, 0.3) is 0 Å². The fourth-order valence-corrected chi connectivity index (χ4v) is 3.57. The minimum Gasteiger partial charge on any atom is -0.511 e. The third-order valence-corrected chi connectivity index (χ3v) is 5.47. The summed E-state index contributed by atoms with van der Waals surface area (Å²) >= 11 is 0. The van der Waals surface area contributed by atoms with Crippen LogP contribution in [-0.2, 0) is 0 Å². The minimum absolute atomic E-state index is 0.444. The molecule has 0 aliphatic rings. The first-order valence-electron chi connectivity index (χ1n) is 12.7. The first-order valence-corrected chi connectivity index (χ1v) is 12.7. The molecule has 0 unspecified atom stereocenters. The molecule has 0 aromatic rings. The standard InChI is InChI=1S/C26H51NO2/c1-4-7-10-13-15-17-20-25(28)23-27(22-19-12-9-6-3)24-26(29)21-18-16-14-11-8-5-2/h23-24,28-29H,4-22H2,1-3H3. The van der Waals surface area contributed by atoms with Crippen LogP contribution in [0.1, 0.15) is 136 Å². The smallest absolute Gasteiger partial charge is 0.108 e. The number of aliphatic hydroxyl groups is 2. The maximum absolute atomic E-state index is 10.3. The molecule has 0 rings (SSSR count). The lowest BCUT2D eigenvalue weighted by Gasteiger charge is -2.17. The molecule has 0 amide bonds. The van der Waals surface area contributed by atoms with Crippen LogP contribution in [0.15, 0.2) is 23.9 Å². The summed E-state index contributed by atoms with van der Waals surface area (Å²) in [5.41, 5.74) is 0. The van der Waals surface area contributed by atoms with Crippen molar-refractivity contribution in [3.8, 4) is 0 Å². The van der Waals surface area contributed by atoms with E-state index < -0.39 is 0 Å². The second-order valence-electron chi connectivity index (χ2n) is 8.57. The van der Waals surface area contributed by atoms with E-state index in [9.17, 15) is 10.2 Å². The Morgan fingerprint density at radius 3 is 1.28 bits per heavy atom. The van der Waals surface area contributed by atoms with Gasteiger partial charge in [0.1, 0.15) is 11.5 Å². The lowest BCUT2D eigenvalue weighted by Crippen LogP contribution is -2.14. The average molecular weight is 410 g/mol. The van der Waals surface area contributed by atoms with Gasteiger partial charge in [0.2, 0.25) is 0 Å². The van der Waals surface area contributed by atoms with Crippen LogP contribution in [0.2, 0.25) is 0 Å². The Balaban J connectivity index is 4.41. The molecule has 0 aromatic heterocycles. The number of unbranched alkanes of at least 4 members (excludes halogenated alkanes) is 13. The monoisotopic (exact) mass is 409 g/mol. The summed E-state index contributed by atoms with van der Waals surface area (Å²) in [4.78, 5) is 2.01. The molecule has 0 fully saturated rings. The highest BCUT2D eigenvalue weighted by molar-refractivity contribution is 4.99. The van der Waals surface area contributed by atoms with E-state index in [0.29, 0.717) is 11.5 Å². The van der Waals surface area contributed by atoms with E-state index in [4.69, 9.17) is 0 Å². The second-order valence-corrected chi connectivity index (χ2v) is 8.57. The van der Waals surface area contributed by atoms with Gasteiger partial charge >= 0.3 is 0 Å². The van der Waals surface area contributed by atoms with Crippen molar-refractivity contribution in [2.75, 3.05) is 6.54 Å². The SMILES string of the molecule is CCCCCCCCC(O)=CN(C=C(O)CCCCCCCC)CCCCCC. The van der Waals surface area contributed by atoms with Crippen LogP contribution < -0.4 is 0 Å². The summed E-state index contributed by atoms with van der Waals surface area (Å²) in [6.45, 7) is 7.55. The summed E-state index contributed by atoms with van der Waals surface area (Å²) < 4.78 is 0. The Morgan fingerprint density at radius 2 is 0.862 bits per heavy atom. The number of rotatable bonds is 21. The Labute approximate surface area is 182 Å². The predicted molar refractivity (Wildman–Crippen MR) is 128 cm³/mol. The van der Waals surface area contributed by atoms with Gasteiger partial charge in [-0.3, -0.25) is 0 Å². The Morgan fingerprint density at radius 1 is 0.517 bits per heavy atom. The Hall–Kier alpha value is -1.12. The number of aliphatic hydroxyl groups excluding tert-OH is 2. The molecule has 29 heavy (non-hydrogen) atoms. The van der Waals surface area contributed by atoms with Crippen LogP contribution in [0.4, 0.5) is 0 Å². The Bertz CT molecular complexity index is 372. The average Bonchev–Trinajstić information content (AvgIpc) is 2.70. The van der Waals surface area contributed by atoms with Gasteiger partial charge in [0, 0.05) is 31.8 Å². The van der Waals surface area contributed by atoms with Crippen LogP contribution in [0.5, 0.6) is 0 Å². The highest BCUT2D eigenvalue weighted by Crippen LogP contribution is 2.14. The predicted octanol–water partition coefficient (Wildman–Crippen LogP) is 9.17. The number of allylic oxidation sites excluding steroid dienone is 2. The van der Waals surface area contributed by atoms with Gasteiger partial charge in [0.25, 0.3) is 0 Å². The fourth-order valence-electron chi connectivity index (χ4n) is 3.57. The molecular formula is C26H51NO2. The topological polar surface area (TPSA) is 43.7 Å². The van der Waals surface area contributed by atoms with E-state index >= 15 is 0 Å². The molecule has 0 aliphatic heterocycles. The van der Waals surface area contributed by atoms with Gasteiger partial charge in [-0.15, -0.1) is 0 Å². The van der Waals surface area contributed by atoms with E-state index in [0.717, 1.165) is 38.6 Å². The normalized spacial score (nSPS) is 12.5. The summed E-state index contributed by atoms with van der Waals surface area (Å²) in [7, 11) is 0. The van der Waals surface area contributed by atoms with Gasteiger partial charge in [-0.05, 0) is 19.3 Å². The van der Waals surface area contributed by atoms with Crippen molar-refractivity contribution < 1.29 is 10.2 Å². The van der Waals surface area contributed by atoms with Crippen molar-refractivity contribution in [1.82, 2.24) is 4.90 Å². The van der Waals surface area contributed by atoms with Gasteiger partial charge in [-0.1, -0.05) is 104 Å². The third-order valence-electron chi connectivity index (χ3n) is 5.47. The van der Waals surface area contributed by atoms with Crippen LogP contribution in [-0.4, -0.2) is 21.7 Å². The maximum atomic E-state index is 10.3. The van der Waals surface area contributed by atoms with Crippen molar-refractivity contribution in [3.63, 3.8) is 0 Å². The van der Waals surface area contributed by atoms with Crippen molar-refractivity contribution in [2.45, 2.75) is 136 Å². The van der Waals surface area contributed by atoms with E-state index in [1.54, 1.807) is 0 Å². The van der Waals surface area contributed by atoms with E-state index in [2.05, 4.69) is 20.8 Å². The quantitative estimate of drug-likeness (QED) is 0.147. The third kappa shape index (κ3) is 19.9. The zero-order chi connectivity index (χ0) is 21.6. The van der Waals surface area contributed by atoms with Crippen molar-refractivity contribution in [1.29, 1.82) is 0 Å². The number of hydrogen-bond donors (Lipinski definition) is 2. The molecule has 0 saturated heterocycles. The highest BCUT2D eigenvalue weighted by Gasteiger charge is 2.04. The van der Waals surface area contributed by atoms with Gasteiger partial charge in [-0.25, -0.2) is 0 Å². The zero-order valence-corrected chi connectivity index (χ0v) is 19.9. The molecule has 0 bridgehead atoms. The molecule has 0 heterocycles. The molecule has 3 nitrogen and oxygen atoms in total. The van der Waals surface area contributed by atoms with Crippen LogP contribution in [0.3, 0.4) is 0 Å². The van der Waals surface area contributed by atoms with E-state index in [1.807, 2.05) is 17.3 Å². The first-order chi connectivity index (χ1) is 14.1. The van der Waals surface area contributed by atoms with E-state index in [-0.39, 0.29) is 0 Å². The largest absolute Gasteiger partial charge is 0.511 e. The van der Waals surface area contributed by atoms with Crippen LogP contribution in [0, 0.1) is 0 Å². The molecule has 3 heteroatoms. The molecule has 0 radical (unpaired) electrons.